The van der Waals surface area contributed by atoms with Crippen molar-refractivity contribution in [3.8, 4) is 11.4 Å². The van der Waals surface area contributed by atoms with E-state index in [9.17, 15) is 4.55 Å². The topological polar surface area (TPSA) is 74.1 Å². The molecule has 5 nitrogen and oxygen atoms in total. The van der Waals surface area contributed by atoms with E-state index in [1.165, 1.54) is 11.5 Å². The minimum atomic E-state index is -1.29. The van der Waals surface area contributed by atoms with Gasteiger partial charge in [0.25, 0.3) is 0 Å². The van der Waals surface area contributed by atoms with Gasteiger partial charge >= 0.3 is 0 Å². The van der Waals surface area contributed by atoms with Crippen LogP contribution in [0.5, 0.6) is 0 Å². The van der Waals surface area contributed by atoms with Gasteiger partial charge in [0.2, 0.25) is 0 Å². The predicted molar refractivity (Wildman–Crippen MR) is 88.0 cm³/mol. The zero-order valence-electron chi connectivity index (χ0n) is 12.7. The summed E-state index contributed by atoms with van der Waals surface area (Å²) in [6.07, 6.45) is 1.74. The lowest BCUT2D eigenvalue weighted by Gasteiger charge is -2.18. The highest BCUT2D eigenvalue weighted by Crippen LogP contribution is 2.21. The van der Waals surface area contributed by atoms with Crippen LogP contribution in [0.3, 0.4) is 0 Å². The van der Waals surface area contributed by atoms with Gasteiger partial charge in [-0.05, 0) is 58.3 Å². The minimum absolute atomic E-state index is 0.378. The summed E-state index contributed by atoms with van der Waals surface area (Å²) < 4.78 is 20.2. The van der Waals surface area contributed by atoms with Crippen LogP contribution in [0.4, 0.5) is 0 Å². The van der Waals surface area contributed by atoms with Crippen LogP contribution in [-0.2, 0) is 11.4 Å². The molecule has 0 N–H and O–H groups in total. The summed E-state index contributed by atoms with van der Waals surface area (Å²) in [5.41, 5.74) is 2.50. The second-order valence-corrected chi connectivity index (χ2v) is 8.30. The van der Waals surface area contributed by atoms with Crippen molar-refractivity contribution < 1.29 is 4.55 Å². The highest BCUT2D eigenvalue weighted by molar-refractivity contribution is 7.91. The third kappa shape index (κ3) is 4.09. The zero-order valence-corrected chi connectivity index (χ0v) is 14.4. The van der Waals surface area contributed by atoms with Crippen molar-refractivity contribution in [2.75, 3.05) is 0 Å². The van der Waals surface area contributed by atoms with Crippen molar-refractivity contribution in [3.63, 3.8) is 0 Å². The normalized spacial score (nSPS) is 14.3. The molecular weight excluding hydrogens is 304 g/mol. The summed E-state index contributed by atoms with van der Waals surface area (Å²) >= 11 is -0.0257. The molecule has 0 aliphatic carbocycles. The molecule has 2 aromatic heterocycles. The van der Waals surface area contributed by atoms with Gasteiger partial charge in [-0.3, -0.25) is 4.98 Å². The Labute approximate surface area is 132 Å². The lowest BCUT2D eigenvalue weighted by atomic mass is 10.2. The first kappa shape index (κ1) is 16.1. The molecule has 21 heavy (non-hydrogen) atoms. The fraction of sp³-hybridized carbons (Fsp3) is 0.429. The molecular formula is C14H18N4OS2. The van der Waals surface area contributed by atoms with Gasteiger partial charge < -0.3 is 4.55 Å². The van der Waals surface area contributed by atoms with Crippen LogP contribution in [0.25, 0.3) is 11.4 Å². The van der Waals surface area contributed by atoms with E-state index in [2.05, 4.69) is 18.7 Å². The number of aromatic nitrogens is 3. The summed E-state index contributed by atoms with van der Waals surface area (Å²) in [6.45, 7) is 9.42. The summed E-state index contributed by atoms with van der Waals surface area (Å²) in [5.74, 6) is 0.650. The monoisotopic (exact) mass is 322 g/mol. The molecule has 0 aliphatic rings. The van der Waals surface area contributed by atoms with Gasteiger partial charge in [0.05, 0.1) is 0 Å². The molecule has 2 heterocycles. The van der Waals surface area contributed by atoms with Crippen LogP contribution in [-0.4, -0.2) is 29.4 Å². The summed E-state index contributed by atoms with van der Waals surface area (Å²) in [6, 6.07) is 3.81. The van der Waals surface area contributed by atoms with Crippen molar-refractivity contribution in [2.45, 2.75) is 39.4 Å². The van der Waals surface area contributed by atoms with E-state index in [0.29, 0.717) is 16.5 Å². The fourth-order valence-electron chi connectivity index (χ4n) is 1.47. The van der Waals surface area contributed by atoms with E-state index in [4.69, 9.17) is 0 Å². The average molecular weight is 322 g/mol. The van der Waals surface area contributed by atoms with Crippen molar-refractivity contribution in [2.24, 2.45) is 4.40 Å². The van der Waals surface area contributed by atoms with Crippen LogP contribution in [0.2, 0.25) is 0 Å². The van der Waals surface area contributed by atoms with Crippen LogP contribution < -0.4 is 0 Å². The molecule has 0 spiro atoms. The van der Waals surface area contributed by atoms with E-state index in [1.807, 2.05) is 46.8 Å². The molecule has 0 fully saturated rings. The quantitative estimate of drug-likeness (QED) is 0.642. The van der Waals surface area contributed by atoms with Crippen molar-refractivity contribution in [1.29, 1.82) is 0 Å². The molecule has 1 unspecified atom stereocenters. The van der Waals surface area contributed by atoms with Gasteiger partial charge in [0, 0.05) is 17.5 Å². The fourth-order valence-corrected chi connectivity index (χ4v) is 2.76. The zero-order chi connectivity index (χ0) is 15.6. The molecule has 1 atom stereocenters. The number of rotatable bonds is 3. The Hall–Kier alpha value is -1.31. The van der Waals surface area contributed by atoms with Crippen LogP contribution in [0, 0.1) is 6.92 Å². The highest BCUT2D eigenvalue weighted by atomic mass is 32.2. The molecule has 112 valence electrons. The highest BCUT2D eigenvalue weighted by Gasteiger charge is 2.27. The third-order valence-electron chi connectivity index (χ3n) is 2.63. The molecule has 0 aromatic carbocycles. The van der Waals surface area contributed by atoms with Gasteiger partial charge in [-0.25, -0.2) is 4.98 Å². The van der Waals surface area contributed by atoms with E-state index >= 15 is 0 Å². The van der Waals surface area contributed by atoms with Crippen molar-refractivity contribution in [1.82, 2.24) is 14.3 Å². The smallest absolute Gasteiger partial charge is 0.173 e. The number of aryl methyl sites for hydroxylation is 1. The molecule has 0 saturated heterocycles. The Kier molecular flexibility index (Phi) is 4.75. The molecule has 2 rings (SSSR count). The Morgan fingerprint density at radius 1 is 1.38 bits per heavy atom. The Morgan fingerprint density at radius 3 is 2.71 bits per heavy atom. The standard InChI is InChI=1S/C14H18N4OS2/c1-9-8-11(6-7-15-9)12-16-13(20-17-12)10(2)18-21(19)14(3,4)5/h6-8H,1-5H3/b18-10+. The first-order valence-corrected chi connectivity index (χ1v) is 8.40. The second-order valence-electron chi connectivity index (χ2n) is 5.65. The van der Waals surface area contributed by atoms with Crippen LogP contribution in [0.15, 0.2) is 22.7 Å². The maximum atomic E-state index is 12.0. The van der Waals surface area contributed by atoms with Gasteiger partial charge in [-0.1, -0.05) is 4.40 Å². The number of pyridine rings is 1. The summed E-state index contributed by atoms with van der Waals surface area (Å²) in [5, 5.41) is 0.692. The number of nitrogens with zero attached hydrogens (tertiary/aromatic N) is 4. The maximum Gasteiger partial charge on any atom is 0.173 e. The van der Waals surface area contributed by atoms with Gasteiger partial charge in [0.15, 0.2) is 10.8 Å². The molecule has 0 amide bonds. The lowest BCUT2D eigenvalue weighted by molar-refractivity contribution is 0.561. The van der Waals surface area contributed by atoms with Crippen molar-refractivity contribution in [3.05, 3.63) is 29.0 Å². The van der Waals surface area contributed by atoms with E-state index in [1.54, 1.807) is 6.20 Å². The average Bonchev–Trinajstić information content (AvgIpc) is 2.87. The van der Waals surface area contributed by atoms with Gasteiger partial charge in [-0.15, -0.1) is 0 Å². The van der Waals surface area contributed by atoms with Crippen LogP contribution >= 0.6 is 11.5 Å². The predicted octanol–water partition coefficient (Wildman–Crippen LogP) is 3.18. The Balaban J connectivity index is 2.26. The minimum Gasteiger partial charge on any atom is -0.591 e. The largest absolute Gasteiger partial charge is 0.591 e. The SMILES string of the molecule is C/C(=N\[S+]([O-])C(C)(C)C)c1nc(-c2ccnc(C)c2)ns1. The van der Waals surface area contributed by atoms with Crippen molar-refractivity contribution >= 4 is 28.6 Å². The number of hydrogen-bond donors (Lipinski definition) is 0. The number of hydrogen-bond acceptors (Lipinski definition) is 6. The van der Waals surface area contributed by atoms with E-state index in [-0.39, 0.29) is 4.75 Å². The molecule has 0 bridgehead atoms. The molecule has 2 aromatic rings. The second kappa shape index (κ2) is 6.21. The Morgan fingerprint density at radius 2 is 2.10 bits per heavy atom. The first-order valence-electron chi connectivity index (χ1n) is 6.52. The summed E-state index contributed by atoms with van der Waals surface area (Å²) in [7, 11) is 0. The molecule has 0 aliphatic heterocycles. The lowest BCUT2D eigenvalue weighted by Crippen LogP contribution is -2.26. The maximum absolute atomic E-state index is 12.0. The molecule has 0 radical (unpaired) electrons. The van der Waals surface area contributed by atoms with E-state index < -0.39 is 11.4 Å². The third-order valence-corrected chi connectivity index (χ3v) is 4.95. The first-order chi connectivity index (χ1) is 9.77. The van der Waals surface area contributed by atoms with Gasteiger partial charge in [0.1, 0.15) is 21.8 Å². The summed E-state index contributed by atoms with van der Waals surface area (Å²) in [4.78, 5) is 8.63. The van der Waals surface area contributed by atoms with E-state index in [0.717, 1.165) is 11.3 Å². The molecule has 0 saturated carbocycles. The van der Waals surface area contributed by atoms with Gasteiger partial charge in [-0.2, -0.15) is 4.37 Å². The van der Waals surface area contributed by atoms with Crippen LogP contribution in [0.1, 0.15) is 38.4 Å². The Bertz CT molecular complexity index is 661. The molecule has 7 heteroatoms.